The summed E-state index contributed by atoms with van der Waals surface area (Å²) in [5.41, 5.74) is 5.81. The van der Waals surface area contributed by atoms with Gasteiger partial charge in [0.2, 0.25) is 0 Å². The van der Waals surface area contributed by atoms with Crippen molar-refractivity contribution in [3.8, 4) is 0 Å². The zero-order chi connectivity index (χ0) is 12.8. The molecule has 0 aliphatic rings. The van der Waals surface area contributed by atoms with Crippen LogP contribution >= 0.6 is 0 Å². The molecule has 0 amide bonds. The highest BCUT2D eigenvalue weighted by Gasteiger charge is 2.21. The minimum Gasteiger partial charge on any atom is -0.264 e. The zero-order valence-corrected chi connectivity index (χ0v) is 11.7. The first-order valence-electron chi connectivity index (χ1n) is 6.18. The molecule has 1 nitrogen and oxygen atoms in total. The Morgan fingerprint density at radius 3 is 2.12 bits per heavy atom. The molecule has 2 aromatic rings. The molecule has 0 saturated heterocycles. The Hall–Kier alpha value is -1.37. The monoisotopic (exact) mass is 227 g/mol. The van der Waals surface area contributed by atoms with Crippen molar-refractivity contribution >= 4 is 10.8 Å². The summed E-state index contributed by atoms with van der Waals surface area (Å²) in [7, 11) is 0. The second-order valence-corrected chi connectivity index (χ2v) is 5.92. The molecule has 0 aliphatic heterocycles. The number of aromatic nitrogens is 1. The first-order chi connectivity index (χ1) is 7.84. The third-order valence-corrected chi connectivity index (χ3v) is 3.74. The number of aryl methyl sites for hydroxylation is 1. The van der Waals surface area contributed by atoms with Gasteiger partial charge in [-0.1, -0.05) is 20.8 Å². The van der Waals surface area contributed by atoms with Crippen molar-refractivity contribution < 1.29 is 0 Å². The largest absolute Gasteiger partial charge is 0.264 e. The SMILES string of the molecule is Cc1c(C)c(C(C)(C)C)c2ccncc2c1C. The summed E-state index contributed by atoms with van der Waals surface area (Å²) in [5.74, 6) is 0. The van der Waals surface area contributed by atoms with Gasteiger partial charge in [0.1, 0.15) is 0 Å². The molecule has 0 spiro atoms. The number of hydrogen-bond acceptors (Lipinski definition) is 1. The van der Waals surface area contributed by atoms with Gasteiger partial charge in [-0.2, -0.15) is 0 Å². The quantitative estimate of drug-likeness (QED) is 0.647. The Labute approximate surface area is 104 Å². The predicted octanol–water partition coefficient (Wildman–Crippen LogP) is 4.46. The average Bonchev–Trinajstić information content (AvgIpc) is 2.24. The van der Waals surface area contributed by atoms with Crippen molar-refractivity contribution in [3.63, 3.8) is 0 Å². The summed E-state index contributed by atoms with van der Waals surface area (Å²) in [6.45, 7) is 13.5. The van der Waals surface area contributed by atoms with Crippen LogP contribution in [0.15, 0.2) is 18.5 Å². The second-order valence-electron chi connectivity index (χ2n) is 5.92. The van der Waals surface area contributed by atoms with E-state index in [4.69, 9.17) is 0 Å². The van der Waals surface area contributed by atoms with Gasteiger partial charge in [-0.25, -0.2) is 0 Å². The van der Waals surface area contributed by atoms with Gasteiger partial charge in [0.15, 0.2) is 0 Å². The van der Waals surface area contributed by atoms with Crippen LogP contribution in [0, 0.1) is 20.8 Å². The van der Waals surface area contributed by atoms with Crippen LogP contribution < -0.4 is 0 Å². The van der Waals surface area contributed by atoms with E-state index >= 15 is 0 Å². The zero-order valence-electron chi connectivity index (χ0n) is 11.7. The topological polar surface area (TPSA) is 12.9 Å². The molecule has 2 rings (SSSR count). The third-order valence-electron chi connectivity index (χ3n) is 3.74. The lowest BCUT2D eigenvalue weighted by Crippen LogP contribution is -2.15. The maximum absolute atomic E-state index is 4.27. The average molecular weight is 227 g/mol. The molecular weight excluding hydrogens is 206 g/mol. The lowest BCUT2D eigenvalue weighted by molar-refractivity contribution is 0.591. The Balaban J connectivity index is 3.01. The van der Waals surface area contributed by atoms with Crippen LogP contribution in [-0.2, 0) is 5.41 Å². The smallest absolute Gasteiger partial charge is 0.0349 e. The summed E-state index contributed by atoms with van der Waals surface area (Å²) in [4.78, 5) is 4.27. The first kappa shape index (κ1) is 12.1. The molecule has 0 bridgehead atoms. The number of benzene rings is 1. The van der Waals surface area contributed by atoms with E-state index in [1.165, 1.54) is 33.0 Å². The van der Waals surface area contributed by atoms with Crippen LogP contribution in [0.25, 0.3) is 10.8 Å². The van der Waals surface area contributed by atoms with Crippen molar-refractivity contribution in [1.82, 2.24) is 4.98 Å². The normalized spacial score (nSPS) is 12.1. The van der Waals surface area contributed by atoms with Gasteiger partial charge in [-0.05, 0) is 59.9 Å². The van der Waals surface area contributed by atoms with Crippen LogP contribution in [0.4, 0.5) is 0 Å². The van der Waals surface area contributed by atoms with E-state index in [1.807, 2.05) is 12.4 Å². The molecule has 0 unspecified atom stereocenters. The molecule has 1 aromatic heterocycles. The van der Waals surface area contributed by atoms with E-state index in [0.717, 1.165) is 0 Å². The van der Waals surface area contributed by atoms with Crippen LogP contribution in [-0.4, -0.2) is 4.98 Å². The number of nitrogens with zero attached hydrogens (tertiary/aromatic N) is 1. The maximum Gasteiger partial charge on any atom is 0.0349 e. The Kier molecular flexibility index (Phi) is 2.73. The fraction of sp³-hybridized carbons (Fsp3) is 0.438. The Morgan fingerprint density at radius 1 is 0.882 bits per heavy atom. The van der Waals surface area contributed by atoms with Gasteiger partial charge >= 0.3 is 0 Å². The summed E-state index contributed by atoms with van der Waals surface area (Å²) >= 11 is 0. The van der Waals surface area contributed by atoms with E-state index in [-0.39, 0.29) is 5.41 Å². The molecular formula is C16H21N. The molecule has 0 radical (unpaired) electrons. The molecule has 0 aliphatic carbocycles. The molecule has 1 heterocycles. The number of rotatable bonds is 0. The summed E-state index contributed by atoms with van der Waals surface area (Å²) in [6.07, 6.45) is 3.89. The molecule has 0 saturated carbocycles. The van der Waals surface area contributed by atoms with Crippen molar-refractivity contribution in [2.75, 3.05) is 0 Å². The molecule has 0 N–H and O–H groups in total. The van der Waals surface area contributed by atoms with Crippen LogP contribution in [0.3, 0.4) is 0 Å². The van der Waals surface area contributed by atoms with Gasteiger partial charge in [-0.15, -0.1) is 0 Å². The van der Waals surface area contributed by atoms with Crippen molar-refractivity contribution in [2.24, 2.45) is 0 Å². The molecule has 0 atom stereocenters. The van der Waals surface area contributed by atoms with E-state index in [0.29, 0.717) is 0 Å². The fourth-order valence-electron chi connectivity index (χ4n) is 2.75. The lowest BCUT2D eigenvalue weighted by atomic mass is 9.78. The number of fused-ring (bicyclic) bond motifs is 1. The van der Waals surface area contributed by atoms with Gasteiger partial charge < -0.3 is 0 Å². The van der Waals surface area contributed by atoms with Crippen LogP contribution in [0.1, 0.15) is 43.0 Å². The number of hydrogen-bond donors (Lipinski definition) is 0. The fourth-order valence-corrected chi connectivity index (χ4v) is 2.75. The second kappa shape index (κ2) is 3.83. The summed E-state index contributed by atoms with van der Waals surface area (Å²) in [5, 5.41) is 2.65. The first-order valence-corrected chi connectivity index (χ1v) is 6.18. The lowest BCUT2D eigenvalue weighted by Gasteiger charge is -2.26. The molecule has 17 heavy (non-hydrogen) atoms. The third kappa shape index (κ3) is 1.84. The van der Waals surface area contributed by atoms with E-state index in [2.05, 4.69) is 52.6 Å². The van der Waals surface area contributed by atoms with E-state index in [9.17, 15) is 0 Å². The number of pyridine rings is 1. The van der Waals surface area contributed by atoms with Crippen molar-refractivity contribution in [1.29, 1.82) is 0 Å². The standard InChI is InChI=1S/C16H21N/c1-10-11(2)14-9-17-8-7-13(14)15(12(10)3)16(4,5)6/h7-9H,1-6H3. The Morgan fingerprint density at radius 2 is 1.53 bits per heavy atom. The van der Waals surface area contributed by atoms with Gasteiger partial charge in [0, 0.05) is 17.8 Å². The highest BCUT2D eigenvalue weighted by Crippen LogP contribution is 2.36. The van der Waals surface area contributed by atoms with Gasteiger partial charge in [0.05, 0.1) is 0 Å². The maximum atomic E-state index is 4.27. The van der Waals surface area contributed by atoms with Gasteiger partial charge in [-0.3, -0.25) is 4.98 Å². The molecule has 1 heteroatoms. The van der Waals surface area contributed by atoms with Gasteiger partial charge in [0.25, 0.3) is 0 Å². The van der Waals surface area contributed by atoms with Crippen LogP contribution in [0.5, 0.6) is 0 Å². The highest BCUT2D eigenvalue weighted by atomic mass is 14.6. The van der Waals surface area contributed by atoms with Crippen molar-refractivity contribution in [3.05, 3.63) is 40.7 Å². The predicted molar refractivity (Wildman–Crippen MR) is 74.7 cm³/mol. The highest BCUT2D eigenvalue weighted by molar-refractivity contribution is 5.90. The summed E-state index contributed by atoms with van der Waals surface area (Å²) in [6, 6.07) is 2.15. The molecule has 1 aromatic carbocycles. The molecule has 0 fully saturated rings. The molecule has 90 valence electrons. The minimum absolute atomic E-state index is 0.169. The van der Waals surface area contributed by atoms with Crippen LogP contribution in [0.2, 0.25) is 0 Å². The van der Waals surface area contributed by atoms with E-state index < -0.39 is 0 Å². The Bertz CT molecular complexity index is 574. The summed E-state index contributed by atoms with van der Waals surface area (Å²) < 4.78 is 0. The minimum atomic E-state index is 0.169. The van der Waals surface area contributed by atoms with E-state index in [1.54, 1.807) is 0 Å². The van der Waals surface area contributed by atoms with Crippen molar-refractivity contribution in [2.45, 2.75) is 47.0 Å².